The van der Waals surface area contributed by atoms with Gasteiger partial charge in [0.2, 0.25) is 0 Å². The highest BCUT2D eigenvalue weighted by Crippen LogP contribution is 2.53. The van der Waals surface area contributed by atoms with E-state index in [9.17, 15) is 13.9 Å². The smallest absolute Gasteiger partial charge is 0.391 e. The van der Waals surface area contributed by atoms with Crippen LogP contribution in [0.15, 0.2) is 23.5 Å². The molecule has 0 radical (unpaired) electrons. The van der Waals surface area contributed by atoms with E-state index < -0.39 is 7.68 Å². The number of phenolic OH excluding ortho intramolecular Hbond substituents is 1. The quantitative estimate of drug-likeness (QED) is 0.815. The summed E-state index contributed by atoms with van der Waals surface area (Å²) in [5.41, 5.74) is 0.489. The first kappa shape index (κ1) is 13.7. The van der Waals surface area contributed by atoms with Crippen LogP contribution >= 0.6 is 7.68 Å². The molecular formula is C11H14FO4P. The molecule has 0 fully saturated rings. The Labute approximate surface area is 98.9 Å². The molecule has 17 heavy (non-hydrogen) atoms. The van der Waals surface area contributed by atoms with Gasteiger partial charge in [0.05, 0.1) is 7.11 Å². The van der Waals surface area contributed by atoms with Crippen molar-refractivity contribution in [2.75, 3.05) is 7.11 Å². The van der Waals surface area contributed by atoms with Crippen LogP contribution in [0.25, 0.3) is 6.08 Å². The molecular weight excluding hydrogens is 246 g/mol. The lowest BCUT2D eigenvalue weighted by atomic mass is 10.2. The van der Waals surface area contributed by atoms with E-state index in [1.807, 2.05) is 0 Å². The summed E-state index contributed by atoms with van der Waals surface area (Å²) in [6.45, 7) is 1.59. The SMILES string of the molecule is CCC(=Cc1ccc(O)c(OC)c1)P(=O)(O)F. The fraction of sp³-hybridized carbons (Fsp3) is 0.273. The normalized spacial score (nSPS) is 15.4. The van der Waals surface area contributed by atoms with Crippen LogP contribution in [0, 0.1) is 0 Å². The van der Waals surface area contributed by atoms with Crippen LogP contribution in [0.4, 0.5) is 4.20 Å². The van der Waals surface area contributed by atoms with Crippen molar-refractivity contribution in [3.63, 3.8) is 0 Å². The maximum atomic E-state index is 13.0. The average molecular weight is 260 g/mol. The van der Waals surface area contributed by atoms with E-state index in [2.05, 4.69) is 0 Å². The number of allylic oxidation sites excluding steroid dienone is 1. The lowest BCUT2D eigenvalue weighted by Gasteiger charge is -2.07. The third-order valence-electron chi connectivity index (χ3n) is 2.25. The van der Waals surface area contributed by atoms with Crippen molar-refractivity contribution >= 4 is 13.8 Å². The molecule has 1 aromatic carbocycles. The minimum Gasteiger partial charge on any atom is -0.504 e. The predicted molar refractivity (Wildman–Crippen MR) is 63.9 cm³/mol. The summed E-state index contributed by atoms with van der Waals surface area (Å²) in [7, 11) is -3.33. The molecule has 94 valence electrons. The Morgan fingerprint density at radius 2 is 2.24 bits per heavy atom. The number of hydrogen-bond donors (Lipinski definition) is 2. The standard InChI is InChI=1S/C11H14FO4P/c1-3-9(17(12,14)15)6-8-4-5-10(13)11(7-8)16-2/h4-7,13H,3H2,1-2H3,(H,14,15). The maximum absolute atomic E-state index is 13.0. The number of phenols is 1. The van der Waals surface area contributed by atoms with Crippen molar-refractivity contribution in [2.45, 2.75) is 13.3 Å². The van der Waals surface area contributed by atoms with Gasteiger partial charge >= 0.3 is 7.68 Å². The third kappa shape index (κ3) is 3.58. The van der Waals surface area contributed by atoms with Crippen LogP contribution in [0.1, 0.15) is 18.9 Å². The predicted octanol–water partition coefficient (Wildman–Crippen LogP) is 3.31. The Morgan fingerprint density at radius 1 is 1.59 bits per heavy atom. The fourth-order valence-electron chi connectivity index (χ4n) is 1.35. The first-order chi connectivity index (χ1) is 7.88. The summed E-state index contributed by atoms with van der Waals surface area (Å²) < 4.78 is 28.8. The highest BCUT2D eigenvalue weighted by Gasteiger charge is 2.21. The number of ether oxygens (including phenoxy) is 1. The molecule has 0 aromatic heterocycles. The van der Waals surface area contributed by atoms with Crippen molar-refractivity contribution < 1.29 is 23.5 Å². The van der Waals surface area contributed by atoms with Crippen molar-refractivity contribution in [3.05, 3.63) is 29.1 Å². The molecule has 0 aliphatic carbocycles. The molecule has 0 heterocycles. The number of aromatic hydroxyl groups is 1. The van der Waals surface area contributed by atoms with Crippen LogP contribution in [0.5, 0.6) is 11.5 Å². The molecule has 0 saturated heterocycles. The third-order valence-corrected chi connectivity index (χ3v) is 3.41. The topological polar surface area (TPSA) is 66.8 Å². The van der Waals surface area contributed by atoms with Crippen LogP contribution in [0.2, 0.25) is 0 Å². The lowest BCUT2D eigenvalue weighted by molar-refractivity contribution is 0.373. The molecule has 0 bridgehead atoms. The minimum atomic E-state index is -4.72. The molecule has 0 aliphatic rings. The molecule has 0 saturated carbocycles. The molecule has 2 N–H and O–H groups in total. The second-order valence-corrected chi connectivity index (χ2v) is 5.00. The number of benzene rings is 1. The number of hydrogen-bond acceptors (Lipinski definition) is 3. The van der Waals surface area contributed by atoms with Crippen LogP contribution in [0.3, 0.4) is 0 Å². The monoisotopic (exact) mass is 260 g/mol. The molecule has 1 aromatic rings. The summed E-state index contributed by atoms with van der Waals surface area (Å²) in [6.07, 6.45) is 1.41. The van der Waals surface area contributed by atoms with E-state index in [1.165, 1.54) is 31.4 Å². The Morgan fingerprint density at radius 3 is 2.71 bits per heavy atom. The molecule has 6 heteroatoms. The van der Waals surface area contributed by atoms with E-state index in [1.54, 1.807) is 6.92 Å². The van der Waals surface area contributed by atoms with Crippen molar-refractivity contribution in [1.82, 2.24) is 0 Å². The van der Waals surface area contributed by atoms with Gasteiger partial charge in [-0.15, -0.1) is 0 Å². The van der Waals surface area contributed by atoms with E-state index in [4.69, 9.17) is 9.63 Å². The lowest BCUT2D eigenvalue weighted by Crippen LogP contribution is -1.86. The average Bonchev–Trinajstić information content (AvgIpc) is 2.26. The summed E-state index contributed by atoms with van der Waals surface area (Å²) >= 11 is 0. The number of rotatable bonds is 4. The largest absolute Gasteiger partial charge is 0.504 e. The van der Waals surface area contributed by atoms with Gasteiger partial charge in [-0.05, 0) is 30.2 Å². The van der Waals surface area contributed by atoms with Gasteiger partial charge in [-0.2, -0.15) is 4.20 Å². The summed E-state index contributed by atoms with van der Waals surface area (Å²) in [6, 6.07) is 4.34. The van der Waals surface area contributed by atoms with E-state index >= 15 is 0 Å². The highest BCUT2D eigenvalue weighted by molar-refractivity contribution is 7.57. The first-order valence-electron chi connectivity index (χ1n) is 4.99. The highest BCUT2D eigenvalue weighted by atomic mass is 31.2. The van der Waals surface area contributed by atoms with Gasteiger partial charge in [0.1, 0.15) is 0 Å². The zero-order valence-corrected chi connectivity index (χ0v) is 10.4. The number of halogens is 1. The van der Waals surface area contributed by atoms with Crippen LogP contribution < -0.4 is 4.74 Å². The summed E-state index contributed by atoms with van der Waals surface area (Å²) in [5.74, 6) is 0.177. The zero-order chi connectivity index (χ0) is 13.1. The zero-order valence-electron chi connectivity index (χ0n) is 9.55. The van der Waals surface area contributed by atoms with Crippen molar-refractivity contribution in [2.24, 2.45) is 0 Å². The van der Waals surface area contributed by atoms with Crippen LogP contribution in [-0.4, -0.2) is 17.1 Å². The van der Waals surface area contributed by atoms with Crippen molar-refractivity contribution in [1.29, 1.82) is 0 Å². The summed E-state index contributed by atoms with van der Waals surface area (Å²) in [5, 5.41) is 9.19. The Bertz CT molecular complexity index is 478. The van der Waals surface area contributed by atoms with Gasteiger partial charge in [-0.3, -0.25) is 4.57 Å². The van der Waals surface area contributed by atoms with Gasteiger partial charge in [0, 0.05) is 5.31 Å². The van der Waals surface area contributed by atoms with E-state index in [0.29, 0.717) is 5.56 Å². The molecule has 0 amide bonds. The minimum absolute atomic E-state index is 0.0462. The van der Waals surface area contributed by atoms with Gasteiger partial charge < -0.3 is 14.7 Å². The summed E-state index contributed by atoms with van der Waals surface area (Å²) in [4.78, 5) is 8.86. The van der Waals surface area contributed by atoms with Gasteiger partial charge in [0.25, 0.3) is 0 Å². The molecule has 1 unspecified atom stereocenters. The molecule has 0 aliphatic heterocycles. The van der Waals surface area contributed by atoms with Gasteiger partial charge in [-0.25, -0.2) is 0 Å². The van der Waals surface area contributed by atoms with E-state index in [0.717, 1.165) is 0 Å². The molecule has 1 atom stereocenters. The van der Waals surface area contributed by atoms with E-state index in [-0.39, 0.29) is 23.2 Å². The fourth-order valence-corrected chi connectivity index (χ4v) is 2.05. The molecule has 1 rings (SSSR count). The molecule has 0 spiro atoms. The maximum Gasteiger partial charge on any atom is 0.391 e. The van der Waals surface area contributed by atoms with Crippen LogP contribution in [-0.2, 0) is 4.57 Å². The van der Waals surface area contributed by atoms with Gasteiger partial charge in [-0.1, -0.05) is 13.0 Å². The Kier molecular flexibility index (Phi) is 4.32. The first-order valence-corrected chi connectivity index (χ1v) is 6.54. The Hall–Kier alpha value is -1.32. The number of methoxy groups -OCH3 is 1. The van der Waals surface area contributed by atoms with Gasteiger partial charge in [0.15, 0.2) is 11.5 Å². The second kappa shape index (κ2) is 5.34. The van der Waals surface area contributed by atoms with Crippen molar-refractivity contribution in [3.8, 4) is 11.5 Å². The Balaban J connectivity index is 3.17. The second-order valence-electron chi connectivity index (χ2n) is 3.42. The molecule has 4 nitrogen and oxygen atoms in total.